The van der Waals surface area contributed by atoms with Gasteiger partial charge in [0.2, 0.25) is 0 Å². The molecule has 8 rings (SSSR count). The minimum absolute atomic E-state index is 0.172. The summed E-state index contributed by atoms with van der Waals surface area (Å²) in [5, 5.41) is 12.1. The van der Waals surface area contributed by atoms with Crippen molar-refractivity contribution in [1.82, 2.24) is 9.13 Å². The first-order chi connectivity index (χ1) is 26.0. The Hall–Kier alpha value is -5.83. The lowest BCUT2D eigenvalue weighted by molar-refractivity contribution is -0.120. The molecule has 5 N–H and O–H groups in total. The molecule has 274 valence electrons. The zero-order valence-electron chi connectivity index (χ0n) is 31.6. The van der Waals surface area contributed by atoms with E-state index in [9.17, 15) is 9.90 Å². The van der Waals surface area contributed by atoms with Gasteiger partial charge in [0.1, 0.15) is 5.78 Å². The number of fused-ring (bicyclic) bond motifs is 2. The third kappa shape index (κ3) is 6.75. The van der Waals surface area contributed by atoms with E-state index >= 15 is 0 Å². The maximum atomic E-state index is 11.7. The Morgan fingerprint density at radius 2 is 1.06 bits per heavy atom. The molecule has 0 bridgehead atoms. The molecule has 2 saturated carbocycles. The van der Waals surface area contributed by atoms with Crippen molar-refractivity contribution in [2.24, 2.45) is 0 Å². The first-order valence-corrected chi connectivity index (χ1v) is 18.9. The molecule has 0 amide bonds. The molecule has 8 nitrogen and oxygen atoms in total. The molecule has 0 unspecified atom stereocenters. The van der Waals surface area contributed by atoms with Gasteiger partial charge in [0.05, 0.1) is 19.2 Å². The molecule has 0 atom stereocenters. The number of carbonyl (C=O) groups excluding carboxylic acids is 1. The van der Waals surface area contributed by atoms with E-state index in [-0.39, 0.29) is 6.10 Å². The zero-order valence-corrected chi connectivity index (χ0v) is 31.6. The van der Waals surface area contributed by atoms with Crippen LogP contribution in [0.25, 0.3) is 53.7 Å². The van der Waals surface area contributed by atoms with Gasteiger partial charge < -0.3 is 25.7 Å². The number of nitrogens with two attached hydrogens (primary N) is 2. The highest BCUT2D eigenvalue weighted by Crippen LogP contribution is 2.43. The van der Waals surface area contributed by atoms with Gasteiger partial charge in [-0.2, -0.15) is 0 Å². The van der Waals surface area contributed by atoms with Gasteiger partial charge in [-0.3, -0.25) is 4.79 Å². The van der Waals surface area contributed by atoms with Gasteiger partial charge in [-0.05, 0) is 147 Å². The number of Topliss-reactive ketones (excluding diaryl/α,β-unsaturated/α-hetero) is 1. The highest BCUT2D eigenvalue weighted by Gasteiger charge is 2.26. The molecule has 6 aromatic rings. The number of aromatic nitrogens is 2. The van der Waals surface area contributed by atoms with Crippen LogP contribution in [0.3, 0.4) is 0 Å². The van der Waals surface area contributed by atoms with Gasteiger partial charge in [-0.1, -0.05) is 24.3 Å². The van der Waals surface area contributed by atoms with Crippen molar-refractivity contribution in [3.05, 3.63) is 118 Å². The monoisotopic (exact) mass is 716 g/mol. The predicted octanol–water partition coefficient (Wildman–Crippen LogP) is 11.3. The third-order valence-electron chi connectivity index (χ3n) is 11.8. The number of aryl methyl sites for hydroxylation is 2. The fraction of sp³-hybridized carbons (Fsp3) is 0.326. The van der Waals surface area contributed by atoms with Crippen LogP contribution >= 0.6 is 0 Å². The Bertz CT molecular complexity index is 2490. The topological polar surface area (TPSA) is 108 Å². The summed E-state index contributed by atoms with van der Waals surface area (Å²) in [6.45, 7) is 23.1. The second-order valence-electron chi connectivity index (χ2n) is 15.2. The average molecular weight is 717 g/mol. The molecule has 54 heavy (non-hydrogen) atoms. The number of aliphatic hydroxyl groups is 1. The lowest BCUT2D eigenvalue weighted by Gasteiger charge is -2.27. The molecule has 2 heterocycles. The van der Waals surface area contributed by atoms with E-state index in [1.807, 2.05) is 57.2 Å². The van der Waals surface area contributed by atoms with E-state index in [0.29, 0.717) is 42.1 Å². The second-order valence-corrected chi connectivity index (χ2v) is 15.2. The molecule has 0 aliphatic heterocycles. The van der Waals surface area contributed by atoms with Gasteiger partial charge in [0, 0.05) is 70.9 Å². The van der Waals surface area contributed by atoms with Crippen molar-refractivity contribution in [1.29, 1.82) is 0 Å². The van der Waals surface area contributed by atoms with E-state index in [1.54, 1.807) is 0 Å². The number of anilines is 2. The number of rotatable bonds is 4. The van der Waals surface area contributed by atoms with Crippen LogP contribution in [0, 0.1) is 40.8 Å². The van der Waals surface area contributed by atoms with Gasteiger partial charge in [0.15, 0.2) is 11.4 Å². The van der Waals surface area contributed by atoms with Gasteiger partial charge in [0.25, 0.3) is 0 Å². The van der Waals surface area contributed by atoms with Crippen LogP contribution in [0.4, 0.5) is 22.7 Å². The van der Waals surface area contributed by atoms with Gasteiger partial charge >= 0.3 is 0 Å². The lowest BCUT2D eigenvalue weighted by atomic mass is 9.93. The first kappa shape index (κ1) is 36.5. The molecular formula is C46H48N6O2. The normalized spacial score (nSPS) is 17.6. The van der Waals surface area contributed by atoms with Crippen molar-refractivity contribution in [3.8, 4) is 22.3 Å². The molecule has 2 fully saturated rings. The zero-order chi connectivity index (χ0) is 38.3. The maximum Gasteiger partial charge on any atom is 0.190 e. The molecule has 2 aliphatic rings. The molecule has 0 saturated heterocycles. The number of hydrogen-bond donors (Lipinski definition) is 3. The smallest absolute Gasteiger partial charge is 0.190 e. The Labute approximate surface area is 317 Å². The first-order valence-electron chi connectivity index (χ1n) is 18.9. The summed E-state index contributed by atoms with van der Waals surface area (Å²) in [6, 6.07) is 21.0. The number of aliphatic hydroxyl groups excluding tert-OH is 1. The van der Waals surface area contributed by atoms with Crippen molar-refractivity contribution < 1.29 is 9.90 Å². The summed E-state index contributed by atoms with van der Waals surface area (Å²) in [6.07, 6.45) is 10.9. The summed E-state index contributed by atoms with van der Waals surface area (Å²) in [4.78, 5) is 19.1. The summed E-state index contributed by atoms with van der Waals surface area (Å²) >= 11 is 0. The fourth-order valence-corrected chi connectivity index (χ4v) is 8.48. The van der Waals surface area contributed by atoms with Crippen LogP contribution in [0.5, 0.6) is 0 Å². The van der Waals surface area contributed by atoms with Crippen LogP contribution < -0.4 is 11.5 Å². The second kappa shape index (κ2) is 14.9. The van der Waals surface area contributed by atoms with Gasteiger partial charge in [-0.15, -0.1) is 0 Å². The molecule has 2 aromatic heterocycles. The Morgan fingerprint density at radius 1 is 0.630 bits per heavy atom. The van der Waals surface area contributed by atoms with Crippen LogP contribution in [0.15, 0.2) is 73.1 Å². The molecule has 0 radical (unpaired) electrons. The number of nitrogens with zero attached hydrogens (tertiary/aromatic N) is 4. The number of nitrogen functional groups attached to an aromatic ring is 2. The van der Waals surface area contributed by atoms with Crippen molar-refractivity contribution >= 4 is 50.3 Å². The van der Waals surface area contributed by atoms with E-state index in [4.69, 9.17) is 24.6 Å². The van der Waals surface area contributed by atoms with Crippen molar-refractivity contribution in [2.45, 2.75) is 97.2 Å². The maximum absolute atomic E-state index is 11.7. The molecule has 2 aliphatic carbocycles. The van der Waals surface area contributed by atoms with Crippen molar-refractivity contribution in [2.75, 3.05) is 11.5 Å². The average Bonchev–Trinajstić information content (AvgIpc) is 3.71. The summed E-state index contributed by atoms with van der Waals surface area (Å²) < 4.78 is 4.68. The number of benzene rings is 4. The van der Waals surface area contributed by atoms with E-state index in [0.717, 1.165) is 116 Å². The van der Waals surface area contributed by atoms with Crippen LogP contribution in [-0.2, 0) is 4.79 Å². The predicted molar refractivity (Wildman–Crippen MR) is 221 cm³/mol. The minimum atomic E-state index is -0.172. The number of hydrogen-bond acceptors (Lipinski definition) is 4. The summed E-state index contributed by atoms with van der Waals surface area (Å²) in [5.74, 6) is 0.362. The Kier molecular flexibility index (Phi) is 10.1. The molecule has 8 heteroatoms. The number of ketones is 1. The standard InChI is InChI=1S/C23H25N3O.C23H23N3O/c2*1-14-11-23-19(12-22(14)25-3)20(18-5-4-6-21(24)15(18)2)13-26(23)16-7-9-17(27)10-8-16/h4-6,11-13,16-17,27H,7-10,24H2,1-2H3;4-6,11-13,16H,7-10,24H2,1-2H3. The van der Waals surface area contributed by atoms with Gasteiger partial charge in [-0.25, -0.2) is 9.69 Å². The fourth-order valence-electron chi connectivity index (χ4n) is 8.48. The van der Waals surface area contributed by atoms with E-state index in [1.165, 1.54) is 0 Å². The third-order valence-corrected chi connectivity index (χ3v) is 11.8. The van der Waals surface area contributed by atoms with Crippen molar-refractivity contribution in [3.63, 3.8) is 0 Å². The molecule has 0 spiro atoms. The van der Waals surface area contributed by atoms with E-state index < -0.39 is 0 Å². The Balaban J connectivity index is 0.000000167. The summed E-state index contributed by atoms with van der Waals surface area (Å²) in [7, 11) is 0. The minimum Gasteiger partial charge on any atom is -0.398 e. The largest absolute Gasteiger partial charge is 0.398 e. The van der Waals surface area contributed by atoms with Crippen LogP contribution in [0.2, 0.25) is 0 Å². The quantitative estimate of drug-likeness (QED) is 0.125. The molecule has 4 aromatic carbocycles. The Morgan fingerprint density at radius 3 is 1.48 bits per heavy atom. The van der Waals surface area contributed by atoms with Crippen LogP contribution in [-0.4, -0.2) is 26.1 Å². The highest BCUT2D eigenvalue weighted by molar-refractivity contribution is 6.01. The van der Waals surface area contributed by atoms with Crippen LogP contribution in [0.1, 0.15) is 85.7 Å². The lowest BCUT2D eigenvalue weighted by Crippen LogP contribution is -2.20. The summed E-state index contributed by atoms with van der Waals surface area (Å²) in [5.41, 5.74) is 26.1. The molecular weight excluding hydrogens is 669 g/mol. The van der Waals surface area contributed by atoms with E-state index in [2.05, 4.69) is 62.4 Å². The highest BCUT2D eigenvalue weighted by atomic mass is 16.3. The SMILES string of the molecule is [C-]#[N+]c1cc2c(-c3cccc(N)c3C)cn(C3CCC(=O)CC3)c2cc1C.[C-]#[N+]c1cc2c(-c3cccc(N)c3C)cn(C3CCC(O)CC3)c2cc1C. The number of carbonyl (C=O) groups is 1.